The van der Waals surface area contributed by atoms with Crippen LogP contribution in [0, 0.1) is 5.82 Å². The summed E-state index contributed by atoms with van der Waals surface area (Å²) in [6.07, 6.45) is -3.43. The first-order valence-electron chi connectivity index (χ1n) is 4.61. The van der Waals surface area contributed by atoms with Crippen LogP contribution in [0.4, 0.5) is 10.1 Å². The zero-order chi connectivity index (χ0) is 12.3. The van der Waals surface area contributed by atoms with Gasteiger partial charge in [0.2, 0.25) is 5.91 Å². The molecule has 2 atom stereocenters. The molecule has 0 bridgehead atoms. The highest BCUT2D eigenvalue weighted by Crippen LogP contribution is 2.23. The van der Waals surface area contributed by atoms with E-state index in [0.29, 0.717) is 0 Å². The highest BCUT2D eigenvalue weighted by atomic mass is 19.1. The van der Waals surface area contributed by atoms with Gasteiger partial charge in [-0.3, -0.25) is 4.79 Å². The Bertz CT molecular complexity index is 398. The van der Waals surface area contributed by atoms with Crippen molar-refractivity contribution in [3.63, 3.8) is 0 Å². The van der Waals surface area contributed by atoms with Crippen LogP contribution in [-0.2, 0) is 4.79 Å². The van der Waals surface area contributed by atoms with Gasteiger partial charge >= 0.3 is 0 Å². The molecule has 0 aromatic heterocycles. The van der Waals surface area contributed by atoms with E-state index >= 15 is 0 Å². The lowest BCUT2D eigenvalue weighted by atomic mass is 10.0. The molecule has 1 amide bonds. The molecule has 0 heterocycles. The highest BCUT2D eigenvalue weighted by molar-refractivity contribution is 5.74. The van der Waals surface area contributed by atoms with Crippen molar-refractivity contribution in [2.24, 2.45) is 5.73 Å². The molecule has 0 radical (unpaired) electrons. The number of hydrogen-bond acceptors (Lipinski definition) is 4. The van der Waals surface area contributed by atoms with E-state index < -0.39 is 30.4 Å². The number of halogens is 1. The molecule has 0 fully saturated rings. The lowest BCUT2D eigenvalue weighted by Gasteiger charge is -2.17. The smallest absolute Gasteiger partial charge is 0.220 e. The van der Waals surface area contributed by atoms with Gasteiger partial charge in [-0.15, -0.1) is 0 Å². The molecule has 6 N–H and O–H groups in total. The maximum absolute atomic E-state index is 13.3. The average Bonchev–Trinajstić information content (AvgIpc) is 2.19. The van der Waals surface area contributed by atoms with Gasteiger partial charge < -0.3 is 21.7 Å². The molecule has 0 spiro atoms. The number of carbonyl (C=O) groups is 1. The maximum Gasteiger partial charge on any atom is 0.220 e. The number of nitrogens with two attached hydrogens (primary N) is 2. The second-order valence-electron chi connectivity index (χ2n) is 3.46. The number of primary amides is 1. The molecule has 6 heteroatoms. The van der Waals surface area contributed by atoms with Crippen molar-refractivity contribution in [1.29, 1.82) is 0 Å². The summed E-state index contributed by atoms with van der Waals surface area (Å²) in [4.78, 5) is 10.5. The number of benzene rings is 1. The summed E-state index contributed by atoms with van der Waals surface area (Å²) >= 11 is 0. The molecule has 0 aliphatic heterocycles. The van der Waals surface area contributed by atoms with E-state index in [4.69, 9.17) is 11.5 Å². The van der Waals surface area contributed by atoms with Crippen molar-refractivity contribution in [2.45, 2.75) is 18.6 Å². The van der Waals surface area contributed by atoms with Gasteiger partial charge in [0, 0.05) is 11.3 Å². The Balaban J connectivity index is 2.90. The molecule has 1 rings (SSSR count). The molecule has 2 unspecified atom stereocenters. The summed E-state index contributed by atoms with van der Waals surface area (Å²) in [6, 6.07) is 3.60. The molecule has 0 saturated carbocycles. The Morgan fingerprint density at radius 3 is 2.62 bits per heavy atom. The normalized spacial score (nSPS) is 14.4. The predicted molar refractivity (Wildman–Crippen MR) is 55.6 cm³/mol. The molecule has 5 nitrogen and oxygen atoms in total. The molecular formula is C10H13FN2O3. The third kappa shape index (κ3) is 2.91. The maximum atomic E-state index is 13.3. The molecule has 16 heavy (non-hydrogen) atoms. The second-order valence-corrected chi connectivity index (χ2v) is 3.46. The van der Waals surface area contributed by atoms with Crippen molar-refractivity contribution < 1.29 is 19.4 Å². The number of nitrogen functional groups attached to an aromatic ring is 1. The van der Waals surface area contributed by atoms with E-state index in [1.54, 1.807) is 0 Å². The average molecular weight is 228 g/mol. The van der Waals surface area contributed by atoms with Crippen LogP contribution in [0.5, 0.6) is 0 Å². The van der Waals surface area contributed by atoms with Gasteiger partial charge in [0.15, 0.2) is 0 Å². The SMILES string of the molecule is NC(=O)CC(O)C(O)c1cc(N)ccc1F. The zero-order valence-corrected chi connectivity index (χ0v) is 8.43. The molecule has 1 aromatic rings. The van der Waals surface area contributed by atoms with Crippen molar-refractivity contribution >= 4 is 11.6 Å². The van der Waals surface area contributed by atoms with Crippen LogP contribution >= 0.6 is 0 Å². The first kappa shape index (κ1) is 12.4. The Labute approximate surface area is 91.5 Å². The minimum absolute atomic E-state index is 0.159. The minimum Gasteiger partial charge on any atom is -0.399 e. The first-order chi connectivity index (χ1) is 7.41. The third-order valence-electron chi connectivity index (χ3n) is 2.11. The number of aliphatic hydroxyl groups is 2. The fraction of sp³-hybridized carbons (Fsp3) is 0.300. The van der Waals surface area contributed by atoms with Gasteiger partial charge in [-0.2, -0.15) is 0 Å². The summed E-state index contributed by atoms with van der Waals surface area (Å²) < 4.78 is 13.3. The monoisotopic (exact) mass is 228 g/mol. The Morgan fingerprint density at radius 1 is 1.44 bits per heavy atom. The fourth-order valence-corrected chi connectivity index (χ4v) is 1.31. The molecule has 0 aliphatic rings. The van der Waals surface area contributed by atoms with Gasteiger partial charge in [-0.25, -0.2) is 4.39 Å². The largest absolute Gasteiger partial charge is 0.399 e. The topological polar surface area (TPSA) is 110 Å². The van der Waals surface area contributed by atoms with Crippen LogP contribution in [0.2, 0.25) is 0 Å². The lowest BCUT2D eigenvalue weighted by molar-refractivity contribution is -0.121. The standard InChI is InChI=1S/C10H13FN2O3/c11-7-2-1-5(12)3-6(7)10(16)8(14)4-9(13)15/h1-3,8,10,14,16H,4,12H2,(H2,13,15). The molecule has 1 aromatic carbocycles. The molecule has 0 aliphatic carbocycles. The van der Waals surface area contributed by atoms with Gasteiger partial charge in [-0.05, 0) is 18.2 Å². The Kier molecular flexibility index (Phi) is 3.81. The van der Waals surface area contributed by atoms with E-state index in [1.165, 1.54) is 12.1 Å². The van der Waals surface area contributed by atoms with E-state index in [0.717, 1.165) is 6.07 Å². The van der Waals surface area contributed by atoms with Crippen LogP contribution in [0.1, 0.15) is 18.1 Å². The highest BCUT2D eigenvalue weighted by Gasteiger charge is 2.23. The minimum atomic E-state index is -1.53. The number of rotatable bonds is 4. The Morgan fingerprint density at radius 2 is 2.06 bits per heavy atom. The third-order valence-corrected chi connectivity index (χ3v) is 2.11. The van der Waals surface area contributed by atoms with E-state index in [2.05, 4.69) is 0 Å². The van der Waals surface area contributed by atoms with Crippen molar-refractivity contribution in [1.82, 2.24) is 0 Å². The molecular weight excluding hydrogens is 215 g/mol. The number of hydrogen-bond donors (Lipinski definition) is 4. The van der Waals surface area contributed by atoms with Gasteiger partial charge in [-0.1, -0.05) is 0 Å². The summed E-state index contributed by atoms with van der Waals surface area (Å²) in [5.41, 5.74) is 10.4. The van der Waals surface area contributed by atoms with Crippen LogP contribution in [0.15, 0.2) is 18.2 Å². The summed E-state index contributed by atoms with van der Waals surface area (Å²) in [5.74, 6) is -1.49. The number of amides is 1. The van der Waals surface area contributed by atoms with E-state index in [9.17, 15) is 19.4 Å². The van der Waals surface area contributed by atoms with Crippen LogP contribution in [0.25, 0.3) is 0 Å². The van der Waals surface area contributed by atoms with Crippen LogP contribution < -0.4 is 11.5 Å². The quantitative estimate of drug-likeness (QED) is 0.529. The molecule has 0 saturated heterocycles. The van der Waals surface area contributed by atoms with Crippen molar-refractivity contribution in [2.75, 3.05) is 5.73 Å². The first-order valence-corrected chi connectivity index (χ1v) is 4.61. The van der Waals surface area contributed by atoms with Gasteiger partial charge in [0.05, 0.1) is 12.5 Å². The van der Waals surface area contributed by atoms with E-state index in [-0.39, 0.29) is 11.3 Å². The second kappa shape index (κ2) is 4.91. The summed E-state index contributed by atoms with van der Waals surface area (Å²) in [5, 5.41) is 19.0. The summed E-state index contributed by atoms with van der Waals surface area (Å²) in [7, 11) is 0. The fourth-order valence-electron chi connectivity index (χ4n) is 1.31. The van der Waals surface area contributed by atoms with Crippen LogP contribution in [-0.4, -0.2) is 22.2 Å². The predicted octanol–water partition coefficient (Wildman–Crippen LogP) is -0.322. The zero-order valence-electron chi connectivity index (χ0n) is 8.43. The lowest BCUT2D eigenvalue weighted by Crippen LogP contribution is -2.26. The van der Waals surface area contributed by atoms with Crippen LogP contribution in [0.3, 0.4) is 0 Å². The van der Waals surface area contributed by atoms with Crippen molar-refractivity contribution in [3.8, 4) is 0 Å². The molecule has 88 valence electrons. The number of aliphatic hydroxyl groups excluding tert-OH is 2. The Hall–Kier alpha value is -1.66. The van der Waals surface area contributed by atoms with Gasteiger partial charge in [0.25, 0.3) is 0 Å². The summed E-state index contributed by atoms with van der Waals surface area (Å²) in [6.45, 7) is 0. The number of carbonyl (C=O) groups excluding carboxylic acids is 1. The number of anilines is 1. The van der Waals surface area contributed by atoms with Crippen molar-refractivity contribution in [3.05, 3.63) is 29.6 Å². The van der Waals surface area contributed by atoms with Gasteiger partial charge in [0.1, 0.15) is 11.9 Å². The van der Waals surface area contributed by atoms with E-state index in [1.807, 2.05) is 0 Å².